The van der Waals surface area contributed by atoms with Crippen molar-refractivity contribution in [3.8, 4) is 0 Å². The van der Waals surface area contributed by atoms with Gasteiger partial charge >= 0.3 is 0 Å². The summed E-state index contributed by atoms with van der Waals surface area (Å²) in [5, 5.41) is 10.5. The Morgan fingerprint density at radius 3 is 2.74 bits per heavy atom. The second-order valence-corrected chi connectivity index (χ2v) is 8.56. The molecule has 0 radical (unpaired) electrons. The molecule has 0 bridgehead atoms. The highest BCUT2D eigenvalue weighted by molar-refractivity contribution is 7.07. The van der Waals surface area contributed by atoms with E-state index in [0.717, 1.165) is 38.9 Å². The van der Waals surface area contributed by atoms with Crippen molar-refractivity contribution < 1.29 is 9.59 Å². The van der Waals surface area contributed by atoms with Crippen LogP contribution in [-0.4, -0.2) is 42.4 Å². The number of rotatable bonds is 9. The van der Waals surface area contributed by atoms with E-state index < -0.39 is 0 Å². The van der Waals surface area contributed by atoms with E-state index in [1.807, 2.05) is 0 Å². The Balaban J connectivity index is 0.00000261. The predicted octanol–water partition coefficient (Wildman–Crippen LogP) is 3.34. The molecule has 3 rings (SSSR count). The highest BCUT2D eigenvalue weighted by Crippen LogP contribution is 2.56. The van der Waals surface area contributed by atoms with Gasteiger partial charge in [0.25, 0.3) is 0 Å². The van der Waals surface area contributed by atoms with E-state index in [2.05, 4.69) is 32.4 Å². The summed E-state index contributed by atoms with van der Waals surface area (Å²) in [5.74, 6) is 0.320. The molecule has 1 aliphatic carbocycles. The highest BCUT2D eigenvalue weighted by Gasteiger charge is 2.57. The van der Waals surface area contributed by atoms with Crippen molar-refractivity contribution >= 4 is 35.6 Å². The molecule has 0 aromatic carbocycles. The molecule has 2 amide bonds. The topological polar surface area (TPSA) is 61.4 Å². The number of hydrogen-bond donors (Lipinski definition) is 2. The first-order chi connectivity index (χ1) is 12.6. The van der Waals surface area contributed by atoms with Gasteiger partial charge < -0.3 is 15.5 Å². The fraction of sp³-hybridized carbons (Fsp3) is 0.700. The fourth-order valence-corrected chi connectivity index (χ4v) is 4.83. The first-order valence-corrected chi connectivity index (χ1v) is 10.8. The van der Waals surface area contributed by atoms with Gasteiger partial charge in [-0.15, -0.1) is 12.4 Å². The number of thiophene rings is 1. The largest absolute Gasteiger partial charge is 0.356 e. The zero-order valence-electron chi connectivity index (χ0n) is 16.2. The van der Waals surface area contributed by atoms with Crippen LogP contribution < -0.4 is 10.6 Å². The van der Waals surface area contributed by atoms with Gasteiger partial charge in [-0.05, 0) is 73.0 Å². The van der Waals surface area contributed by atoms with Gasteiger partial charge in [0.05, 0.1) is 0 Å². The molecule has 1 saturated heterocycles. The lowest BCUT2D eigenvalue weighted by atomic mass is 9.93. The molecule has 7 heteroatoms. The van der Waals surface area contributed by atoms with Crippen molar-refractivity contribution in [1.82, 2.24) is 15.5 Å². The summed E-state index contributed by atoms with van der Waals surface area (Å²) in [6.45, 7) is 5.17. The number of nitrogens with one attached hydrogen (secondary N) is 2. The van der Waals surface area contributed by atoms with Crippen LogP contribution in [0, 0.1) is 5.41 Å². The number of amides is 2. The summed E-state index contributed by atoms with van der Waals surface area (Å²) in [4.78, 5) is 26.0. The monoisotopic (exact) mass is 413 g/mol. The molecule has 1 aromatic rings. The number of halogens is 1. The minimum Gasteiger partial charge on any atom is -0.356 e. The average Bonchev–Trinajstić information content (AvgIpc) is 3.06. The molecule has 152 valence electrons. The number of piperidine rings is 1. The average molecular weight is 414 g/mol. The van der Waals surface area contributed by atoms with E-state index >= 15 is 0 Å². The number of carbonyl (C=O) groups is 2. The molecule has 1 aromatic heterocycles. The second kappa shape index (κ2) is 10.4. The third-order valence-corrected chi connectivity index (χ3v) is 6.55. The Hall–Kier alpha value is -1.11. The maximum Gasteiger partial charge on any atom is 0.223 e. The van der Waals surface area contributed by atoms with Crippen LogP contribution in [-0.2, 0) is 16.1 Å². The van der Waals surface area contributed by atoms with Crippen molar-refractivity contribution in [1.29, 1.82) is 0 Å². The van der Waals surface area contributed by atoms with Crippen molar-refractivity contribution in [2.24, 2.45) is 5.41 Å². The van der Waals surface area contributed by atoms with Crippen LogP contribution in [0.3, 0.4) is 0 Å². The Labute approximate surface area is 172 Å². The van der Waals surface area contributed by atoms with Crippen LogP contribution in [0.25, 0.3) is 0 Å². The van der Waals surface area contributed by atoms with Crippen LogP contribution in [0.2, 0.25) is 0 Å². The van der Waals surface area contributed by atoms with Gasteiger partial charge in [0.15, 0.2) is 0 Å². The zero-order valence-corrected chi connectivity index (χ0v) is 17.8. The summed E-state index contributed by atoms with van der Waals surface area (Å²) < 4.78 is 0. The van der Waals surface area contributed by atoms with Crippen LogP contribution >= 0.6 is 23.7 Å². The maximum absolute atomic E-state index is 13.0. The highest BCUT2D eigenvalue weighted by atomic mass is 35.5. The van der Waals surface area contributed by atoms with Gasteiger partial charge in [-0.1, -0.05) is 6.42 Å². The summed E-state index contributed by atoms with van der Waals surface area (Å²) in [7, 11) is 0. The zero-order chi connectivity index (χ0) is 18.4. The van der Waals surface area contributed by atoms with E-state index in [-0.39, 0.29) is 18.3 Å². The molecule has 5 nitrogen and oxygen atoms in total. The van der Waals surface area contributed by atoms with Crippen molar-refractivity contribution in [2.45, 2.75) is 64.5 Å². The third-order valence-electron chi connectivity index (χ3n) is 5.82. The summed E-state index contributed by atoms with van der Waals surface area (Å²) in [5.41, 5.74) is 1.63. The Bertz CT molecular complexity index is 602. The molecule has 1 saturated carbocycles. The van der Waals surface area contributed by atoms with Crippen LogP contribution in [0.5, 0.6) is 0 Å². The van der Waals surface area contributed by atoms with E-state index in [9.17, 15) is 9.59 Å². The van der Waals surface area contributed by atoms with Gasteiger partial charge in [0.2, 0.25) is 11.8 Å². The van der Waals surface area contributed by atoms with Crippen molar-refractivity contribution in [3.05, 3.63) is 22.4 Å². The van der Waals surface area contributed by atoms with Gasteiger partial charge in [0, 0.05) is 32.5 Å². The number of carbonyl (C=O) groups excluding carboxylic acids is 2. The van der Waals surface area contributed by atoms with E-state index in [1.54, 1.807) is 11.3 Å². The molecule has 27 heavy (non-hydrogen) atoms. The molecular weight excluding hydrogens is 382 g/mol. The Kier molecular flexibility index (Phi) is 8.58. The second-order valence-electron chi connectivity index (χ2n) is 7.78. The van der Waals surface area contributed by atoms with Crippen LogP contribution in [0.4, 0.5) is 0 Å². The molecular formula is C20H32ClN3O2S. The first-order valence-electron chi connectivity index (χ1n) is 9.86. The van der Waals surface area contributed by atoms with Crippen LogP contribution in [0.15, 0.2) is 16.8 Å². The lowest BCUT2D eigenvalue weighted by molar-refractivity contribution is -0.133. The van der Waals surface area contributed by atoms with Crippen LogP contribution in [0.1, 0.15) is 57.4 Å². The quantitative estimate of drug-likeness (QED) is 0.610. The molecule has 2 N–H and O–H groups in total. The molecule has 1 atom stereocenters. The fourth-order valence-electron chi connectivity index (χ4n) is 4.17. The summed E-state index contributed by atoms with van der Waals surface area (Å²) in [6, 6.07) is 2.56. The van der Waals surface area contributed by atoms with Gasteiger partial charge in [0.1, 0.15) is 0 Å². The summed E-state index contributed by atoms with van der Waals surface area (Å²) >= 11 is 1.70. The first kappa shape index (κ1) is 22.2. The normalized spacial score (nSPS) is 20.0. The molecule has 2 fully saturated rings. The lowest BCUT2D eigenvalue weighted by Gasteiger charge is -2.29. The molecule has 1 unspecified atom stereocenters. The lowest BCUT2D eigenvalue weighted by Crippen LogP contribution is -2.39. The van der Waals surface area contributed by atoms with E-state index in [0.29, 0.717) is 30.3 Å². The standard InChI is InChI=1S/C20H31N3O2S.ClH/c1-16(24)22-9-4-2-3-5-19(25)23(14-17-6-12-26-15-17)18-13-20(18)7-10-21-11-8-20;/h6,12,15,18,21H,2-5,7-11,13-14H2,1H3,(H,22,24);1H. The smallest absolute Gasteiger partial charge is 0.223 e. The minimum atomic E-state index is 0. The number of nitrogens with zero attached hydrogens (tertiary/aromatic N) is 1. The van der Waals surface area contributed by atoms with Crippen molar-refractivity contribution in [3.63, 3.8) is 0 Å². The van der Waals surface area contributed by atoms with Crippen molar-refractivity contribution in [2.75, 3.05) is 19.6 Å². The Morgan fingerprint density at radius 1 is 1.30 bits per heavy atom. The molecule has 1 spiro atoms. The number of unbranched alkanes of at least 4 members (excludes halogenated alkanes) is 2. The van der Waals surface area contributed by atoms with Gasteiger partial charge in [-0.2, -0.15) is 11.3 Å². The van der Waals surface area contributed by atoms with Gasteiger partial charge in [-0.25, -0.2) is 0 Å². The SMILES string of the molecule is CC(=O)NCCCCCC(=O)N(Cc1ccsc1)C1CC12CCNCC2.Cl. The number of hydrogen-bond acceptors (Lipinski definition) is 4. The molecule has 1 aliphatic heterocycles. The predicted molar refractivity (Wildman–Crippen MR) is 112 cm³/mol. The molecule has 2 aliphatic rings. The van der Waals surface area contributed by atoms with E-state index in [4.69, 9.17) is 0 Å². The minimum absolute atomic E-state index is 0. The maximum atomic E-state index is 13.0. The van der Waals surface area contributed by atoms with E-state index in [1.165, 1.54) is 31.7 Å². The molecule has 2 heterocycles. The third kappa shape index (κ3) is 6.19. The van der Waals surface area contributed by atoms with Gasteiger partial charge in [-0.3, -0.25) is 9.59 Å². The summed E-state index contributed by atoms with van der Waals surface area (Å²) in [6.07, 6.45) is 7.01. The Morgan fingerprint density at radius 2 is 2.07 bits per heavy atom.